The molecule has 2 heterocycles. The number of halogens is 2. The average molecular weight is 492 g/mol. The van der Waals surface area contributed by atoms with Gasteiger partial charge in [0.2, 0.25) is 0 Å². The molecule has 0 saturated carbocycles. The molecular formula is C26H36Cl2N4O. The van der Waals surface area contributed by atoms with E-state index in [0.29, 0.717) is 6.04 Å². The first-order valence-corrected chi connectivity index (χ1v) is 11.9. The molecule has 180 valence electrons. The molecule has 2 aromatic rings. The molecule has 0 amide bonds. The standard InChI is InChI=1S/C26H35ClN4O.ClH/c1-25(2,3)30-21-12-16-31(17-13-21)26(29-18-19-8-10-20(27)11-9-19)14-15-28-22-6-5-7-23(32-4)24(22)26;/h5-11,15,21,29-30H,12-14,16-18H2,1-4H3;1H. The minimum atomic E-state index is -0.365. The van der Waals surface area contributed by atoms with Gasteiger partial charge in [-0.15, -0.1) is 12.4 Å². The molecule has 0 spiro atoms. The first kappa shape index (κ1) is 26.0. The summed E-state index contributed by atoms with van der Waals surface area (Å²) in [4.78, 5) is 7.31. The van der Waals surface area contributed by atoms with Crippen molar-refractivity contribution < 1.29 is 4.74 Å². The number of hydrogen-bond donors (Lipinski definition) is 2. The van der Waals surface area contributed by atoms with Gasteiger partial charge in [0, 0.05) is 48.9 Å². The number of ether oxygens (including phenoxy) is 1. The van der Waals surface area contributed by atoms with Gasteiger partial charge in [-0.1, -0.05) is 29.8 Å². The molecule has 4 rings (SSSR count). The molecule has 1 saturated heterocycles. The second-order valence-electron chi connectivity index (χ2n) is 9.87. The van der Waals surface area contributed by atoms with Gasteiger partial charge in [0.1, 0.15) is 11.4 Å². The monoisotopic (exact) mass is 490 g/mol. The molecule has 2 N–H and O–H groups in total. The average Bonchev–Trinajstić information content (AvgIpc) is 2.77. The van der Waals surface area contributed by atoms with Crippen molar-refractivity contribution in [2.24, 2.45) is 4.99 Å². The number of fused-ring (bicyclic) bond motifs is 1. The molecule has 0 aliphatic carbocycles. The zero-order valence-electron chi connectivity index (χ0n) is 20.0. The molecule has 1 fully saturated rings. The van der Waals surface area contributed by atoms with Crippen molar-refractivity contribution in [3.63, 3.8) is 0 Å². The van der Waals surface area contributed by atoms with Crippen LogP contribution in [-0.2, 0) is 12.2 Å². The van der Waals surface area contributed by atoms with Crippen molar-refractivity contribution in [3.05, 3.63) is 58.6 Å². The predicted molar refractivity (Wildman–Crippen MR) is 140 cm³/mol. The van der Waals surface area contributed by atoms with Crippen molar-refractivity contribution in [1.82, 2.24) is 15.5 Å². The Kier molecular flexibility index (Phi) is 8.46. The number of methoxy groups -OCH3 is 1. The Balaban J connectivity index is 0.00000306. The van der Waals surface area contributed by atoms with Crippen LogP contribution < -0.4 is 15.4 Å². The fourth-order valence-corrected chi connectivity index (χ4v) is 5.15. The maximum absolute atomic E-state index is 6.11. The molecule has 2 aliphatic heterocycles. The molecule has 33 heavy (non-hydrogen) atoms. The van der Waals surface area contributed by atoms with Crippen molar-refractivity contribution in [1.29, 1.82) is 0 Å². The Morgan fingerprint density at radius 2 is 1.82 bits per heavy atom. The van der Waals surface area contributed by atoms with Crippen molar-refractivity contribution in [2.45, 2.75) is 63.8 Å². The lowest BCUT2D eigenvalue weighted by Crippen LogP contribution is -2.61. The second-order valence-corrected chi connectivity index (χ2v) is 10.3. The van der Waals surface area contributed by atoms with E-state index >= 15 is 0 Å². The lowest BCUT2D eigenvalue weighted by Gasteiger charge is -2.49. The highest BCUT2D eigenvalue weighted by Crippen LogP contribution is 2.45. The summed E-state index contributed by atoms with van der Waals surface area (Å²) in [6.45, 7) is 9.48. The summed E-state index contributed by atoms with van der Waals surface area (Å²) in [6.07, 6.45) is 5.08. The van der Waals surface area contributed by atoms with Gasteiger partial charge in [-0.05, 0) is 63.4 Å². The third-order valence-corrected chi connectivity index (χ3v) is 6.68. The normalized spacial score (nSPS) is 21.4. The highest BCUT2D eigenvalue weighted by atomic mass is 35.5. The van der Waals surface area contributed by atoms with Crippen LogP contribution in [0.2, 0.25) is 5.02 Å². The molecule has 5 nitrogen and oxygen atoms in total. The van der Waals surface area contributed by atoms with Gasteiger partial charge >= 0.3 is 0 Å². The summed E-state index contributed by atoms with van der Waals surface area (Å²) in [5.74, 6) is 0.887. The molecule has 0 radical (unpaired) electrons. The van der Waals surface area contributed by atoms with E-state index in [2.05, 4.69) is 60.7 Å². The van der Waals surface area contributed by atoms with Gasteiger partial charge in [0.15, 0.2) is 0 Å². The lowest BCUT2D eigenvalue weighted by molar-refractivity contribution is 0.0241. The van der Waals surface area contributed by atoms with E-state index in [9.17, 15) is 0 Å². The zero-order chi connectivity index (χ0) is 22.8. The number of benzene rings is 2. The largest absolute Gasteiger partial charge is 0.496 e. The van der Waals surface area contributed by atoms with E-state index in [0.717, 1.165) is 60.9 Å². The summed E-state index contributed by atoms with van der Waals surface area (Å²) < 4.78 is 5.84. The van der Waals surface area contributed by atoms with Crippen LogP contribution in [0, 0.1) is 0 Å². The van der Waals surface area contributed by atoms with Crippen molar-refractivity contribution in [3.8, 4) is 5.75 Å². The summed E-state index contributed by atoms with van der Waals surface area (Å²) in [5.41, 5.74) is 3.09. The maximum atomic E-state index is 6.11. The number of aliphatic imine (C=N–C) groups is 1. The van der Waals surface area contributed by atoms with Crippen LogP contribution in [0.1, 0.15) is 51.2 Å². The molecule has 2 aliphatic rings. The molecule has 1 unspecified atom stereocenters. The van der Waals surface area contributed by atoms with Gasteiger partial charge in [-0.25, -0.2) is 0 Å². The van der Waals surface area contributed by atoms with Gasteiger partial charge in [-0.3, -0.25) is 15.2 Å². The smallest absolute Gasteiger partial charge is 0.127 e. The van der Waals surface area contributed by atoms with Gasteiger partial charge < -0.3 is 10.1 Å². The highest BCUT2D eigenvalue weighted by molar-refractivity contribution is 6.30. The Hall–Kier alpha value is -1.63. The summed E-state index contributed by atoms with van der Waals surface area (Å²) in [5, 5.41) is 8.47. The van der Waals surface area contributed by atoms with E-state index in [1.54, 1.807) is 7.11 Å². The van der Waals surface area contributed by atoms with Crippen molar-refractivity contribution in [2.75, 3.05) is 20.2 Å². The quantitative estimate of drug-likeness (QED) is 0.547. The summed E-state index contributed by atoms with van der Waals surface area (Å²) >= 11 is 6.11. The third-order valence-electron chi connectivity index (χ3n) is 6.42. The Bertz CT molecular complexity index is 950. The highest BCUT2D eigenvalue weighted by Gasteiger charge is 2.44. The molecule has 7 heteroatoms. The fraction of sp³-hybridized carbons (Fsp3) is 0.500. The van der Waals surface area contributed by atoms with Gasteiger partial charge in [0.05, 0.1) is 18.4 Å². The number of piperidine rings is 1. The SMILES string of the molecule is COc1cccc2c1C(NCc1ccc(Cl)cc1)(N1CCC(NC(C)(C)C)CC1)CC=N2.Cl. The Labute approximate surface area is 209 Å². The van der Waals surface area contributed by atoms with E-state index in [1.165, 1.54) is 5.56 Å². The van der Waals surface area contributed by atoms with Crippen LogP contribution in [0.4, 0.5) is 5.69 Å². The van der Waals surface area contributed by atoms with Crippen LogP contribution in [-0.4, -0.2) is 42.9 Å². The van der Waals surface area contributed by atoms with Crippen LogP contribution in [0.25, 0.3) is 0 Å². The number of nitrogens with zero attached hydrogens (tertiary/aromatic N) is 2. The number of nitrogens with one attached hydrogen (secondary N) is 2. The van der Waals surface area contributed by atoms with Gasteiger partial charge in [-0.2, -0.15) is 0 Å². The summed E-state index contributed by atoms with van der Waals surface area (Å²) in [6, 6.07) is 14.8. The maximum Gasteiger partial charge on any atom is 0.127 e. The van der Waals surface area contributed by atoms with Crippen molar-refractivity contribution >= 4 is 35.9 Å². The second kappa shape index (κ2) is 10.7. The number of hydrogen-bond acceptors (Lipinski definition) is 5. The topological polar surface area (TPSA) is 48.9 Å². The van der Waals surface area contributed by atoms with Crippen LogP contribution in [0.3, 0.4) is 0 Å². The lowest BCUT2D eigenvalue weighted by atomic mass is 9.86. The minimum Gasteiger partial charge on any atom is -0.496 e. The molecule has 0 bridgehead atoms. The van der Waals surface area contributed by atoms with E-state index < -0.39 is 0 Å². The number of rotatable bonds is 6. The third kappa shape index (κ3) is 5.90. The van der Waals surface area contributed by atoms with E-state index in [-0.39, 0.29) is 23.6 Å². The Morgan fingerprint density at radius 1 is 1.12 bits per heavy atom. The zero-order valence-corrected chi connectivity index (χ0v) is 21.6. The first-order chi connectivity index (χ1) is 15.3. The Morgan fingerprint density at radius 3 is 2.45 bits per heavy atom. The molecule has 2 aromatic carbocycles. The predicted octanol–water partition coefficient (Wildman–Crippen LogP) is 5.67. The number of likely N-dealkylation sites (tertiary alicyclic amines) is 1. The van der Waals surface area contributed by atoms with Crippen LogP contribution in [0.5, 0.6) is 5.75 Å². The van der Waals surface area contributed by atoms with E-state index in [1.807, 2.05) is 24.3 Å². The summed E-state index contributed by atoms with van der Waals surface area (Å²) in [7, 11) is 1.75. The molecular weight excluding hydrogens is 455 g/mol. The van der Waals surface area contributed by atoms with Gasteiger partial charge in [0.25, 0.3) is 0 Å². The molecule has 1 atom stereocenters. The van der Waals surface area contributed by atoms with Crippen LogP contribution >= 0.6 is 24.0 Å². The van der Waals surface area contributed by atoms with Crippen LogP contribution in [0.15, 0.2) is 47.5 Å². The van der Waals surface area contributed by atoms with E-state index in [4.69, 9.17) is 21.3 Å². The first-order valence-electron chi connectivity index (χ1n) is 11.5. The fourth-order valence-electron chi connectivity index (χ4n) is 5.02. The molecule has 0 aromatic heterocycles. The minimum absolute atomic E-state index is 0.